The average Bonchev–Trinajstić information content (AvgIpc) is 3.01. The van der Waals surface area contributed by atoms with Gasteiger partial charge in [0.1, 0.15) is 0 Å². The maximum atomic E-state index is 2.30. The lowest BCUT2D eigenvalue weighted by Gasteiger charge is -2.07. The summed E-state index contributed by atoms with van der Waals surface area (Å²) in [5.74, 6) is 0. The predicted octanol–water partition coefficient (Wildman–Crippen LogP) is 6.94. The summed E-state index contributed by atoms with van der Waals surface area (Å²) in [7, 11) is 0. The van der Waals surface area contributed by atoms with E-state index >= 15 is 0 Å². The van der Waals surface area contributed by atoms with Gasteiger partial charge < -0.3 is 4.57 Å². The third kappa shape index (κ3) is 3.36. The van der Waals surface area contributed by atoms with Crippen molar-refractivity contribution in [3.05, 3.63) is 90.1 Å². The van der Waals surface area contributed by atoms with Crippen molar-refractivity contribution in [2.24, 2.45) is 0 Å². The second-order valence-corrected chi connectivity index (χ2v) is 6.12. The van der Waals surface area contributed by atoms with Crippen LogP contribution in [0.3, 0.4) is 0 Å². The van der Waals surface area contributed by atoms with E-state index in [9.17, 15) is 0 Å². The molecule has 0 fully saturated rings. The van der Waals surface area contributed by atoms with Crippen molar-refractivity contribution < 1.29 is 0 Å². The Labute approximate surface area is 150 Å². The highest BCUT2D eigenvalue weighted by Gasteiger charge is 2.08. The summed E-state index contributed by atoms with van der Waals surface area (Å²) in [4.78, 5) is 0. The molecule has 126 valence electrons. The van der Waals surface area contributed by atoms with Crippen molar-refractivity contribution in [2.75, 3.05) is 0 Å². The van der Waals surface area contributed by atoms with Gasteiger partial charge in [-0.3, -0.25) is 0 Å². The third-order valence-corrected chi connectivity index (χ3v) is 4.42. The van der Waals surface area contributed by atoms with E-state index < -0.39 is 0 Å². The molecule has 0 amide bonds. The first-order chi connectivity index (χ1) is 12.2. The number of para-hydroxylation sites is 1. The van der Waals surface area contributed by atoms with Crippen LogP contribution in [0.4, 0.5) is 0 Å². The number of nitrogens with zero attached hydrogens (tertiary/aromatic N) is 1. The summed E-state index contributed by atoms with van der Waals surface area (Å²) in [5, 5.41) is 1.31. The first kappa shape index (κ1) is 17.0. The van der Waals surface area contributed by atoms with E-state index in [2.05, 4.69) is 97.4 Å². The minimum Gasteiger partial charge on any atom is -0.316 e. The zero-order valence-electron chi connectivity index (χ0n) is 15.5. The molecule has 0 aliphatic carbocycles. The number of hydrogen-bond donors (Lipinski definition) is 0. The average molecular weight is 327 g/mol. The molecule has 1 heterocycles. The highest BCUT2D eigenvalue weighted by atomic mass is 15.0. The fourth-order valence-corrected chi connectivity index (χ4v) is 3.12. The largest absolute Gasteiger partial charge is 0.316 e. The van der Waals surface area contributed by atoms with Crippen LogP contribution in [0.5, 0.6) is 0 Å². The quantitative estimate of drug-likeness (QED) is 0.376. The Kier molecular flexibility index (Phi) is 5.04. The van der Waals surface area contributed by atoms with E-state index in [1.165, 1.54) is 38.8 Å². The molecule has 0 atom stereocenters. The van der Waals surface area contributed by atoms with Crippen LogP contribution in [0, 0.1) is 13.8 Å². The highest BCUT2D eigenvalue weighted by molar-refractivity contribution is 5.89. The molecule has 0 spiro atoms. The zero-order chi connectivity index (χ0) is 17.8. The lowest BCUT2D eigenvalue weighted by Crippen LogP contribution is -1.90. The van der Waals surface area contributed by atoms with Gasteiger partial charge in [-0.2, -0.15) is 0 Å². The van der Waals surface area contributed by atoms with Crippen molar-refractivity contribution in [2.45, 2.75) is 27.7 Å². The molecule has 1 heteroatoms. The Morgan fingerprint density at radius 2 is 1.32 bits per heavy atom. The molecule has 0 radical (unpaired) electrons. The maximum absolute atomic E-state index is 2.30. The normalized spacial score (nSPS) is 10.4. The predicted molar refractivity (Wildman–Crippen MR) is 110 cm³/mol. The first-order valence-corrected chi connectivity index (χ1v) is 8.96. The molecule has 1 nitrogen and oxygen atoms in total. The van der Waals surface area contributed by atoms with Crippen LogP contribution in [0.15, 0.2) is 79.0 Å². The van der Waals surface area contributed by atoms with Crippen LogP contribution in [0.1, 0.15) is 25.0 Å². The van der Waals surface area contributed by atoms with Gasteiger partial charge in [-0.05, 0) is 54.8 Å². The van der Waals surface area contributed by atoms with E-state index in [4.69, 9.17) is 0 Å². The lowest BCUT2D eigenvalue weighted by atomic mass is 10.0. The van der Waals surface area contributed by atoms with Crippen LogP contribution >= 0.6 is 0 Å². The summed E-state index contributed by atoms with van der Waals surface area (Å²) in [6, 6.07) is 26.0. The summed E-state index contributed by atoms with van der Waals surface area (Å²) >= 11 is 0. The molecule has 0 saturated heterocycles. The van der Waals surface area contributed by atoms with Crippen LogP contribution in [-0.2, 0) is 0 Å². The molecule has 0 bridgehead atoms. The van der Waals surface area contributed by atoms with E-state index in [0.29, 0.717) is 0 Å². The summed E-state index contributed by atoms with van der Waals surface area (Å²) in [5.41, 5.74) is 7.59. The van der Waals surface area contributed by atoms with Crippen molar-refractivity contribution in [1.29, 1.82) is 0 Å². The minimum absolute atomic E-state index is 1.20. The molecule has 4 aromatic rings. The van der Waals surface area contributed by atoms with Gasteiger partial charge >= 0.3 is 0 Å². The molecule has 1 aromatic heterocycles. The van der Waals surface area contributed by atoms with Gasteiger partial charge in [-0.25, -0.2) is 0 Å². The van der Waals surface area contributed by atoms with E-state index in [-0.39, 0.29) is 0 Å². The number of aryl methyl sites for hydroxylation is 2. The van der Waals surface area contributed by atoms with E-state index in [0.717, 1.165) is 0 Å². The summed E-state index contributed by atoms with van der Waals surface area (Å²) < 4.78 is 2.27. The number of hydrogen-bond acceptors (Lipinski definition) is 0. The summed E-state index contributed by atoms with van der Waals surface area (Å²) in [6.07, 6.45) is 2.22. The maximum Gasteiger partial charge on any atom is 0.0531 e. The standard InChI is InChI=1S/C22H19N.C2H6/c1-16-8-10-18(11-9-16)19-12-13-22-21(14-19)17(2)15-23(22)20-6-4-3-5-7-20;1-2/h3-15H,1-2H3;1-2H3. The Hall–Kier alpha value is -2.80. The monoisotopic (exact) mass is 327 g/mol. The Morgan fingerprint density at radius 1 is 0.680 bits per heavy atom. The number of benzene rings is 3. The molecule has 0 aliphatic rings. The highest BCUT2D eigenvalue weighted by Crippen LogP contribution is 2.29. The molecule has 25 heavy (non-hydrogen) atoms. The molecular formula is C24H25N. The van der Waals surface area contributed by atoms with Gasteiger partial charge in [0.25, 0.3) is 0 Å². The van der Waals surface area contributed by atoms with Crippen molar-refractivity contribution >= 4 is 10.9 Å². The Balaban J connectivity index is 0.000000880. The molecule has 0 aliphatic heterocycles. The zero-order valence-corrected chi connectivity index (χ0v) is 15.5. The molecule has 0 N–H and O–H groups in total. The van der Waals surface area contributed by atoms with Gasteiger partial charge in [-0.15, -0.1) is 0 Å². The smallest absolute Gasteiger partial charge is 0.0531 e. The molecule has 3 aromatic carbocycles. The van der Waals surface area contributed by atoms with Crippen LogP contribution < -0.4 is 0 Å². The first-order valence-electron chi connectivity index (χ1n) is 8.96. The number of rotatable bonds is 2. The SMILES string of the molecule is CC.Cc1ccc(-c2ccc3c(c2)c(C)cn3-c2ccccc2)cc1. The molecular weight excluding hydrogens is 302 g/mol. The van der Waals surface area contributed by atoms with Crippen LogP contribution in [0.2, 0.25) is 0 Å². The summed E-state index contributed by atoms with van der Waals surface area (Å²) in [6.45, 7) is 8.30. The van der Waals surface area contributed by atoms with Crippen molar-refractivity contribution in [3.8, 4) is 16.8 Å². The Morgan fingerprint density at radius 3 is 2.00 bits per heavy atom. The lowest BCUT2D eigenvalue weighted by molar-refractivity contribution is 1.12. The van der Waals surface area contributed by atoms with Crippen LogP contribution in [0.25, 0.3) is 27.7 Å². The third-order valence-electron chi connectivity index (χ3n) is 4.42. The van der Waals surface area contributed by atoms with Gasteiger partial charge in [0.05, 0.1) is 5.52 Å². The van der Waals surface area contributed by atoms with Gasteiger partial charge in [0.15, 0.2) is 0 Å². The Bertz CT molecular complexity index is 960. The van der Waals surface area contributed by atoms with Gasteiger partial charge in [0, 0.05) is 17.3 Å². The fourth-order valence-electron chi connectivity index (χ4n) is 3.12. The minimum atomic E-state index is 1.20. The second kappa shape index (κ2) is 7.40. The second-order valence-electron chi connectivity index (χ2n) is 6.12. The van der Waals surface area contributed by atoms with E-state index in [1.807, 2.05) is 13.8 Å². The van der Waals surface area contributed by atoms with Crippen molar-refractivity contribution in [3.63, 3.8) is 0 Å². The molecule has 0 unspecified atom stereocenters. The fraction of sp³-hybridized carbons (Fsp3) is 0.167. The molecule has 0 saturated carbocycles. The number of aromatic nitrogens is 1. The van der Waals surface area contributed by atoms with Gasteiger partial charge in [0.2, 0.25) is 0 Å². The number of fused-ring (bicyclic) bond motifs is 1. The topological polar surface area (TPSA) is 4.93 Å². The van der Waals surface area contributed by atoms with Crippen LogP contribution in [-0.4, -0.2) is 4.57 Å². The molecule has 4 rings (SSSR count). The van der Waals surface area contributed by atoms with Crippen molar-refractivity contribution in [1.82, 2.24) is 4.57 Å². The van der Waals surface area contributed by atoms with Gasteiger partial charge in [-0.1, -0.05) is 67.9 Å². The van der Waals surface area contributed by atoms with E-state index in [1.54, 1.807) is 0 Å².